The Morgan fingerprint density at radius 3 is 2.90 bits per heavy atom. The van der Waals surface area contributed by atoms with Crippen molar-refractivity contribution in [1.29, 1.82) is 0 Å². The van der Waals surface area contributed by atoms with Crippen molar-refractivity contribution in [1.82, 2.24) is 15.2 Å². The van der Waals surface area contributed by atoms with Crippen LogP contribution in [0.15, 0.2) is 30.5 Å². The first-order valence-corrected chi connectivity index (χ1v) is 6.90. The zero-order valence-corrected chi connectivity index (χ0v) is 12.4. The van der Waals surface area contributed by atoms with E-state index in [-0.39, 0.29) is 6.04 Å². The van der Waals surface area contributed by atoms with Gasteiger partial charge in [-0.25, -0.2) is 5.43 Å². The van der Waals surface area contributed by atoms with Crippen LogP contribution in [0.2, 0.25) is 5.02 Å². The van der Waals surface area contributed by atoms with Gasteiger partial charge in [-0.2, -0.15) is 5.10 Å². The molecule has 0 spiro atoms. The quantitative estimate of drug-likeness (QED) is 0.635. The third kappa shape index (κ3) is 2.95. The molecule has 1 unspecified atom stereocenters. The molecule has 108 valence electrons. The van der Waals surface area contributed by atoms with E-state index in [2.05, 4.69) is 17.4 Å². The van der Waals surface area contributed by atoms with E-state index in [0.717, 1.165) is 30.0 Å². The monoisotopic (exact) mass is 294 g/mol. The summed E-state index contributed by atoms with van der Waals surface area (Å²) in [5.74, 6) is 6.48. The fourth-order valence-corrected chi connectivity index (χ4v) is 2.43. The van der Waals surface area contributed by atoms with Gasteiger partial charge in [-0.3, -0.25) is 10.5 Å². The fraction of sp³-hybridized carbons (Fsp3) is 0.357. The molecule has 0 aliphatic heterocycles. The second-order valence-corrected chi connectivity index (χ2v) is 4.90. The Bertz CT molecular complexity index is 570. The number of nitrogens with one attached hydrogen (secondary N) is 1. The molecular weight excluding hydrogens is 276 g/mol. The van der Waals surface area contributed by atoms with Crippen molar-refractivity contribution < 1.29 is 4.74 Å². The lowest BCUT2D eigenvalue weighted by molar-refractivity contribution is 0.401. The minimum Gasteiger partial charge on any atom is -0.496 e. The summed E-state index contributed by atoms with van der Waals surface area (Å²) >= 11 is 6.09. The van der Waals surface area contributed by atoms with E-state index in [9.17, 15) is 0 Å². The van der Waals surface area contributed by atoms with E-state index in [1.807, 2.05) is 22.9 Å². The first kappa shape index (κ1) is 14.8. The molecule has 1 aromatic heterocycles. The summed E-state index contributed by atoms with van der Waals surface area (Å²) in [5, 5.41) is 4.97. The Balaban J connectivity index is 2.46. The molecule has 0 aliphatic carbocycles. The van der Waals surface area contributed by atoms with Gasteiger partial charge in [0.2, 0.25) is 0 Å². The molecule has 1 aromatic carbocycles. The maximum Gasteiger partial charge on any atom is 0.124 e. The molecule has 5 nitrogen and oxygen atoms in total. The van der Waals surface area contributed by atoms with Gasteiger partial charge in [0, 0.05) is 23.3 Å². The molecule has 0 amide bonds. The standard InChI is InChI=1S/C14H19ClN4O/c1-3-8-19-12(6-7-17-19)14(18-16)11-9-10(15)4-5-13(11)20-2/h4-7,9,14,18H,3,8,16H2,1-2H3. The number of rotatable bonds is 6. The number of methoxy groups -OCH3 is 1. The minimum atomic E-state index is -0.224. The molecule has 0 bridgehead atoms. The van der Waals surface area contributed by atoms with Gasteiger partial charge in [0.15, 0.2) is 0 Å². The molecule has 0 aliphatic rings. The van der Waals surface area contributed by atoms with Crippen LogP contribution in [0.4, 0.5) is 0 Å². The van der Waals surface area contributed by atoms with Gasteiger partial charge >= 0.3 is 0 Å². The normalized spacial score (nSPS) is 12.4. The summed E-state index contributed by atoms with van der Waals surface area (Å²) < 4.78 is 7.33. The first-order chi connectivity index (χ1) is 9.71. The zero-order chi connectivity index (χ0) is 14.5. The van der Waals surface area contributed by atoms with E-state index >= 15 is 0 Å². The van der Waals surface area contributed by atoms with E-state index in [0.29, 0.717) is 5.02 Å². The van der Waals surface area contributed by atoms with Crippen LogP contribution >= 0.6 is 11.6 Å². The molecule has 0 fully saturated rings. The SMILES string of the molecule is CCCn1nccc1C(NN)c1cc(Cl)ccc1OC. The summed E-state index contributed by atoms with van der Waals surface area (Å²) in [6.45, 7) is 2.94. The van der Waals surface area contributed by atoms with E-state index in [1.54, 1.807) is 19.4 Å². The molecule has 0 saturated heterocycles. The Morgan fingerprint density at radius 2 is 2.25 bits per heavy atom. The number of aryl methyl sites for hydroxylation is 1. The van der Waals surface area contributed by atoms with E-state index < -0.39 is 0 Å². The van der Waals surface area contributed by atoms with Crippen LogP contribution in [0.3, 0.4) is 0 Å². The average Bonchev–Trinajstić information content (AvgIpc) is 2.89. The summed E-state index contributed by atoms with van der Waals surface area (Å²) in [6.07, 6.45) is 2.77. The van der Waals surface area contributed by atoms with Gasteiger partial charge < -0.3 is 4.74 Å². The summed E-state index contributed by atoms with van der Waals surface area (Å²) in [7, 11) is 1.63. The third-order valence-corrected chi connectivity index (χ3v) is 3.39. The second-order valence-electron chi connectivity index (χ2n) is 4.47. The maximum absolute atomic E-state index is 6.09. The largest absolute Gasteiger partial charge is 0.496 e. The number of aromatic nitrogens is 2. The lowest BCUT2D eigenvalue weighted by Gasteiger charge is -2.20. The van der Waals surface area contributed by atoms with E-state index in [1.165, 1.54) is 0 Å². The van der Waals surface area contributed by atoms with E-state index in [4.69, 9.17) is 22.2 Å². The number of halogens is 1. The molecule has 3 N–H and O–H groups in total. The molecule has 2 rings (SSSR count). The molecular formula is C14H19ClN4O. The highest BCUT2D eigenvalue weighted by Crippen LogP contribution is 2.31. The molecule has 6 heteroatoms. The van der Waals surface area contributed by atoms with Crippen LogP contribution in [0.25, 0.3) is 0 Å². The van der Waals surface area contributed by atoms with Crippen LogP contribution < -0.4 is 16.0 Å². The highest BCUT2D eigenvalue weighted by Gasteiger charge is 2.20. The first-order valence-electron chi connectivity index (χ1n) is 6.52. The number of nitrogens with two attached hydrogens (primary N) is 1. The molecule has 1 atom stereocenters. The maximum atomic E-state index is 6.09. The molecule has 0 radical (unpaired) electrons. The molecule has 1 heterocycles. The Morgan fingerprint density at radius 1 is 1.45 bits per heavy atom. The van der Waals surface area contributed by atoms with Gasteiger partial charge in [0.05, 0.1) is 18.8 Å². The van der Waals surface area contributed by atoms with Crippen molar-refractivity contribution in [3.05, 3.63) is 46.7 Å². The van der Waals surface area contributed by atoms with Gasteiger partial charge in [0.25, 0.3) is 0 Å². The number of hydrazine groups is 1. The average molecular weight is 295 g/mol. The number of hydrogen-bond donors (Lipinski definition) is 2. The zero-order valence-electron chi connectivity index (χ0n) is 11.6. The van der Waals surface area contributed by atoms with Crippen LogP contribution in [-0.2, 0) is 6.54 Å². The number of ether oxygens (including phenoxy) is 1. The van der Waals surface area contributed by atoms with Crippen LogP contribution in [0.1, 0.15) is 30.6 Å². The van der Waals surface area contributed by atoms with Crippen LogP contribution in [-0.4, -0.2) is 16.9 Å². The van der Waals surface area contributed by atoms with Crippen molar-refractivity contribution >= 4 is 11.6 Å². The van der Waals surface area contributed by atoms with Crippen LogP contribution in [0.5, 0.6) is 5.75 Å². The lowest BCUT2D eigenvalue weighted by atomic mass is 10.0. The highest BCUT2D eigenvalue weighted by atomic mass is 35.5. The molecule has 0 saturated carbocycles. The minimum absolute atomic E-state index is 0.224. The smallest absolute Gasteiger partial charge is 0.124 e. The Hall–Kier alpha value is -1.56. The highest BCUT2D eigenvalue weighted by molar-refractivity contribution is 6.30. The third-order valence-electron chi connectivity index (χ3n) is 3.15. The van der Waals surface area contributed by atoms with Gasteiger partial charge in [-0.15, -0.1) is 0 Å². The number of benzene rings is 1. The number of nitrogens with zero attached hydrogens (tertiary/aromatic N) is 2. The predicted octanol–water partition coefficient (Wildman–Crippen LogP) is 2.51. The Labute approximate surface area is 123 Å². The van der Waals surface area contributed by atoms with Crippen molar-refractivity contribution in [2.45, 2.75) is 25.9 Å². The van der Waals surface area contributed by atoms with Gasteiger partial charge in [0.1, 0.15) is 5.75 Å². The second kappa shape index (κ2) is 6.74. The summed E-state index contributed by atoms with van der Waals surface area (Å²) in [4.78, 5) is 0. The molecule has 20 heavy (non-hydrogen) atoms. The summed E-state index contributed by atoms with van der Waals surface area (Å²) in [6, 6.07) is 7.20. The predicted molar refractivity (Wildman–Crippen MR) is 79.7 cm³/mol. The summed E-state index contributed by atoms with van der Waals surface area (Å²) in [5.41, 5.74) is 4.69. The van der Waals surface area contributed by atoms with Crippen molar-refractivity contribution in [3.63, 3.8) is 0 Å². The van der Waals surface area contributed by atoms with Gasteiger partial charge in [-0.1, -0.05) is 18.5 Å². The van der Waals surface area contributed by atoms with Gasteiger partial charge in [-0.05, 0) is 30.7 Å². The van der Waals surface area contributed by atoms with Crippen LogP contribution in [0, 0.1) is 0 Å². The topological polar surface area (TPSA) is 65.1 Å². The number of hydrogen-bond acceptors (Lipinski definition) is 4. The van der Waals surface area contributed by atoms with Crippen molar-refractivity contribution in [2.24, 2.45) is 5.84 Å². The Kier molecular flexibility index (Phi) is 5.00. The van der Waals surface area contributed by atoms with Crippen molar-refractivity contribution in [2.75, 3.05) is 7.11 Å². The molecule has 2 aromatic rings. The lowest BCUT2D eigenvalue weighted by Crippen LogP contribution is -2.31. The van der Waals surface area contributed by atoms with Crippen molar-refractivity contribution in [3.8, 4) is 5.75 Å². The fourth-order valence-electron chi connectivity index (χ4n) is 2.25.